The molecule has 0 atom stereocenters. The lowest BCUT2D eigenvalue weighted by atomic mass is 10.2. The Morgan fingerprint density at radius 3 is 2.61 bits per heavy atom. The van der Waals surface area contributed by atoms with Crippen LogP contribution in [0.4, 0.5) is 13.2 Å². The molecule has 0 spiro atoms. The molecule has 0 aliphatic rings. The Morgan fingerprint density at radius 2 is 2.11 bits per heavy atom. The van der Waals surface area contributed by atoms with Crippen LogP contribution in [-0.4, -0.2) is 34.2 Å². The summed E-state index contributed by atoms with van der Waals surface area (Å²) in [6.45, 7) is 1.50. The number of carbonyl (C=O) groups is 1. The van der Waals surface area contributed by atoms with Crippen LogP contribution in [-0.2, 0) is 17.7 Å². The lowest BCUT2D eigenvalue weighted by Crippen LogP contribution is -2.15. The highest BCUT2D eigenvalue weighted by Crippen LogP contribution is 2.21. The number of alkyl halides is 3. The molecule has 0 aromatic carbocycles. The number of esters is 1. The first kappa shape index (κ1) is 14.5. The van der Waals surface area contributed by atoms with Crippen LogP contribution in [0.15, 0.2) is 0 Å². The predicted molar refractivity (Wildman–Crippen MR) is 56.0 cm³/mol. The molecule has 8 heteroatoms. The van der Waals surface area contributed by atoms with Gasteiger partial charge in [0, 0.05) is 0 Å². The molecule has 0 saturated carbocycles. The lowest BCUT2D eigenvalue weighted by Gasteiger charge is -2.08. The van der Waals surface area contributed by atoms with Gasteiger partial charge in [-0.05, 0) is 6.42 Å². The van der Waals surface area contributed by atoms with E-state index in [-0.39, 0.29) is 12.2 Å². The number of ether oxygens (including phenoxy) is 1. The maximum atomic E-state index is 12.1. The molecule has 0 N–H and O–H groups in total. The monoisotopic (exact) mass is 265 g/mol. The first-order valence-electron chi connectivity index (χ1n) is 5.46. The van der Waals surface area contributed by atoms with E-state index in [0.717, 1.165) is 4.68 Å². The van der Waals surface area contributed by atoms with Gasteiger partial charge in [0.15, 0.2) is 5.69 Å². The number of methoxy groups -OCH3 is 1. The SMILES string of the molecule is CCCc1c(C(=O)OC)nnn1CCC(F)(F)F. The second-order valence-electron chi connectivity index (χ2n) is 3.71. The summed E-state index contributed by atoms with van der Waals surface area (Å²) in [4.78, 5) is 11.4. The molecule has 0 saturated heterocycles. The van der Waals surface area contributed by atoms with Gasteiger partial charge in [-0.3, -0.25) is 0 Å². The summed E-state index contributed by atoms with van der Waals surface area (Å²) in [6.07, 6.45) is -4.17. The lowest BCUT2D eigenvalue weighted by molar-refractivity contribution is -0.137. The third-order valence-corrected chi connectivity index (χ3v) is 2.31. The normalized spacial score (nSPS) is 11.6. The highest BCUT2D eigenvalue weighted by atomic mass is 19.4. The molecule has 0 amide bonds. The zero-order valence-electron chi connectivity index (χ0n) is 10.1. The largest absolute Gasteiger partial charge is 0.464 e. The average molecular weight is 265 g/mol. The van der Waals surface area contributed by atoms with Crippen LogP contribution in [0.1, 0.15) is 35.9 Å². The summed E-state index contributed by atoms with van der Waals surface area (Å²) in [5.41, 5.74) is 0.370. The first-order valence-corrected chi connectivity index (χ1v) is 5.46. The third-order valence-electron chi connectivity index (χ3n) is 2.31. The molecule has 18 heavy (non-hydrogen) atoms. The number of rotatable bonds is 5. The van der Waals surface area contributed by atoms with Crippen LogP contribution in [0.25, 0.3) is 0 Å². The van der Waals surface area contributed by atoms with E-state index in [9.17, 15) is 18.0 Å². The van der Waals surface area contributed by atoms with Crippen LogP contribution in [0, 0.1) is 0 Å². The summed E-state index contributed by atoms with van der Waals surface area (Å²) in [7, 11) is 1.19. The average Bonchev–Trinajstić information content (AvgIpc) is 2.68. The van der Waals surface area contributed by atoms with E-state index in [1.54, 1.807) is 0 Å². The molecule has 0 radical (unpaired) electrons. The highest BCUT2D eigenvalue weighted by Gasteiger charge is 2.28. The zero-order valence-corrected chi connectivity index (χ0v) is 10.1. The molecular formula is C10H14F3N3O2. The standard InChI is InChI=1S/C10H14F3N3O2/c1-3-4-7-8(9(17)18-2)14-15-16(7)6-5-10(11,12)13/h3-6H2,1-2H3. The molecule has 0 fully saturated rings. The number of hydrogen-bond acceptors (Lipinski definition) is 4. The molecule has 1 rings (SSSR count). The minimum Gasteiger partial charge on any atom is -0.464 e. The van der Waals surface area contributed by atoms with Gasteiger partial charge in [-0.15, -0.1) is 5.10 Å². The Kier molecular flexibility index (Phi) is 4.69. The number of nitrogens with zero attached hydrogens (tertiary/aromatic N) is 3. The highest BCUT2D eigenvalue weighted by molar-refractivity contribution is 5.88. The van der Waals surface area contributed by atoms with E-state index >= 15 is 0 Å². The van der Waals surface area contributed by atoms with Crippen LogP contribution < -0.4 is 0 Å². The van der Waals surface area contributed by atoms with Crippen LogP contribution in [0.5, 0.6) is 0 Å². The minimum absolute atomic E-state index is 0.0125. The number of hydrogen-bond donors (Lipinski definition) is 0. The van der Waals surface area contributed by atoms with Gasteiger partial charge in [0.05, 0.1) is 25.8 Å². The van der Waals surface area contributed by atoms with Crippen molar-refractivity contribution in [2.75, 3.05) is 7.11 Å². The van der Waals surface area contributed by atoms with Gasteiger partial charge in [0.25, 0.3) is 0 Å². The Morgan fingerprint density at radius 1 is 1.44 bits per heavy atom. The van der Waals surface area contributed by atoms with E-state index in [1.165, 1.54) is 7.11 Å². The molecule has 1 aromatic rings. The smallest absolute Gasteiger partial charge is 0.390 e. The van der Waals surface area contributed by atoms with Crippen LogP contribution >= 0.6 is 0 Å². The van der Waals surface area contributed by atoms with Gasteiger partial charge in [0.1, 0.15) is 0 Å². The molecule has 1 heterocycles. The fraction of sp³-hybridized carbons (Fsp3) is 0.700. The Labute approximate surface area is 102 Å². The molecule has 1 aromatic heterocycles. The summed E-state index contributed by atoms with van der Waals surface area (Å²) in [6, 6.07) is 0. The molecule has 102 valence electrons. The third kappa shape index (κ3) is 3.71. The van der Waals surface area contributed by atoms with Gasteiger partial charge < -0.3 is 4.74 Å². The topological polar surface area (TPSA) is 57.0 Å². The fourth-order valence-corrected chi connectivity index (χ4v) is 1.48. The van der Waals surface area contributed by atoms with Gasteiger partial charge in [-0.25, -0.2) is 9.48 Å². The summed E-state index contributed by atoms with van der Waals surface area (Å²) in [5.74, 6) is -0.684. The van der Waals surface area contributed by atoms with E-state index < -0.39 is 18.6 Å². The van der Waals surface area contributed by atoms with Crippen LogP contribution in [0.2, 0.25) is 0 Å². The van der Waals surface area contributed by atoms with Crippen molar-refractivity contribution in [2.45, 2.75) is 38.9 Å². The molecular weight excluding hydrogens is 251 g/mol. The van der Waals surface area contributed by atoms with Crippen LogP contribution in [0.3, 0.4) is 0 Å². The Bertz CT molecular complexity index is 415. The number of halogens is 3. The second kappa shape index (κ2) is 5.83. The predicted octanol–water partition coefficient (Wildman–Crippen LogP) is 1.97. The number of carbonyl (C=O) groups excluding carboxylic acids is 1. The number of aromatic nitrogens is 3. The quantitative estimate of drug-likeness (QED) is 0.764. The summed E-state index contributed by atoms with van der Waals surface area (Å²) >= 11 is 0. The second-order valence-corrected chi connectivity index (χ2v) is 3.71. The fourth-order valence-electron chi connectivity index (χ4n) is 1.48. The first-order chi connectivity index (χ1) is 8.39. The molecule has 0 aliphatic carbocycles. The van der Waals surface area contributed by atoms with Crippen molar-refractivity contribution < 1.29 is 22.7 Å². The van der Waals surface area contributed by atoms with Gasteiger partial charge in [-0.1, -0.05) is 18.6 Å². The van der Waals surface area contributed by atoms with E-state index in [4.69, 9.17) is 0 Å². The zero-order chi connectivity index (χ0) is 13.8. The van der Waals surface area contributed by atoms with Gasteiger partial charge >= 0.3 is 12.1 Å². The van der Waals surface area contributed by atoms with Crippen molar-refractivity contribution >= 4 is 5.97 Å². The van der Waals surface area contributed by atoms with Crippen molar-refractivity contribution in [3.63, 3.8) is 0 Å². The maximum Gasteiger partial charge on any atom is 0.390 e. The Hall–Kier alpha value is -1.60. The minimum atomic E-state index is -4.26. The van der Waals surface area contributed by atoms with Crippen molar-refractivity contribution in [1.29, 1.82) is 0 Å². The van der Waals surface area contributed by atoms with Crippen molar-refractivity contribution in [3.8, 4) is 0 Å². The van der Waals surface area contributed by atoms with E-state index in [2.05, 4.69) is 15.0 Å². The van der Waals surface area contributed by atoms with Crippen molar-refractivity contribution in [3.05, 3.63) is 11.4 Å². The molecule has 0 bridgehead atoms. The van der Waals surface area contributed by atoms with E-state index in [1.807, 2.05) is 6.92 Å². The molecule has 5 nitrogen and oxygen atoms in total. The van der Waals surface area contributed by atoms with E-state index in [0.29, 0.717) is 18.5 Å². The van der Waals surface area contributed by atoms with Crippen molar-refractivity contribution in [2.24, 2.45) is 0 Å². The summed E-state index contributed by atoms with van der Waals surface area (Å²) in [5, 5.41) is 7.15. The maximum absolute atomic E-state index is 12.1. The molecule has 0 aliphatic heterocycles. The Balaban J connectivity index is 2.91. The number of aryl methyl sites for hydroxylation is 1. The van der Waals surface area contributed by atoms with Gasteiger partial charge in [-0.2, -0.15) is 13.2 Å². The van der Waals surface area contributed by atoms with Crippen molar-refractivity contribution in [1.82, 2.24) is 15.0 Å². The summed E-state index contributed by atoms with van der Waals surface area (Å²) < 4.78 is 42.0. The van der Waals surface area contributed by atoms with Gasteiger partial charge in [0.2, 0.25) is 0 Å². The molecule has 0 unspecified atom stereocenters.